The molecule has 3 aliphatic carbocycles. The van der Waals surface area contributed by atoms with Crippen LogP contribution in [0.5, 0.6) is 5.75 Å². The minimum absolute atomic E-state index is 0.00778. The molecule has 0 aromatic heterocycles. The first kappa shape index (κ1) is 20.1. The Labute approximate surface area is 172 Å². The maximum atomic E-state index is 13.2. The van der Waals surface area contributed by atoms with E-state index in [2.05, 4.69) is 0 Å². The molecule has 4 rings (SSSR count). The van der Waals surface area contributed by atoms with Crippen molar-refractivity contribution in [3.8, 4) is 5.75 Å². The average Bonchev–Trinajstić information content (AvgIpc) is 2.66. The quantitative estimate of drug-likeness (QED) is 0.253. The van der Waals surface area contributed by atoms with Gasteiger partial charge in [0.15, 0.2) is 11.4 Å². The normalized spacial score (nSPS) is 30.5. The van der Waals surface area contributed by atoms with E-state index in [9.17, 15) is 29.7 Å². The summed E-state index contributed by atoms with van der Waals surface area (Å²) in [5.41, 5.74) is 8.56. The number of benzene rings is 1. The topological polar surface area (TPSA) is 167 Å². The molecule has 3 aliphatic rings. The Kier molecular flexibility index (Phi) is 4.30. The number of carbonyl (C=O) groups excluding carboxylic acids is 3. The third-order valence-corrected chi connectivity index (χ3v) is 6.54. The number of likely N-dealkylation sites (N-methyl/N-ethyl adjacent to an activating group) is 1. The molecular formula is C21H23N3O6. The number of amides is 1. The van der Waals surface area contributed by atoms with Crippen LogP contribution in [0.25, 0.3) is 0 Å². The van der Waals surface area contributed by atoms with Gasteiger partial charge in [-0.05, 0) is 44.5 Å². The zero-order valence-corrected chi connectivity index (χ0v) is 16.5. The summed E-state index contributed by atoms with van der Waals surface area (Å²) in [5.74, 6) is -5.21. The number of aromatic hydroxyl groups is 1. The lowest BCUT2D eigenvalue weighted by atomic mass is 9.59. The maximum Gasteiger partial charge on any atom is 0.252 e. The molecule has 0 unspecified atom stereocenters. The fourth-order valence-corrected chi connectivity index (χ4v) is 5.05. The van der Waals surface area contributed by atoms with Crippen LogP contribution in [0.3, 0.4) is 0 Å². The molecule has 0 radical (unpaired) electrons. The molecule has 1 aromatic carbocycles. The summed E-state index contributed by atoms with van der Waals surface area (Å²) >= 11 is 0. The van der Waals surface area contributed by atoms with E-state index in [1.807, 2.05) is 0 Å². The third kappa shape index (κ3) is 2.45. The van der Waals surface area contributed by atoms with Crippen LogP contribution in [-0.2, 0) is 16.0 Å². The van der Waals surface area contributed by atoms with Gasteiger partial charge in [0.1, 0.15) is 11.5 Å². The second-order valence-electron chi connectivity index (χ2n) is 8.37. The summed E-state index contributed by atoms with van der Waals surface area (Å²) in [6.07, 6.45) is 1.94. The smallest absolute Gasteiger partial charge is 0.252 e. The van der Waals surface area contributed by atoms with Crippen molar-refractivity contribution in [1.82, 2.24) is 4.90 Å². The van der Waals surface area contributed by atoms with Gasteiger partial charge >= 0.3 is 0 Å². The highest BCUT2D eigenvalue weighted by Crippen LogP contribution is 2.51. The average molecular weight is 413 g/mol. The Morgan fingerprint density at radius 2 is 1.90 bits per heavy atom. The van der Waals surface area contributed by atoms with Gasteiger partial charge in [0.05, 0.1) is 16.8 Å². The van der Waals surface area contributed by atoms with Gasteiger partial charge in [0, 0.05) is 17.5 Å². The molecule has 1 amide bonds. The number of nitrogens with zero attached hydrogens (tertiary/aromatic N) is 1. The van der Waals surface area contributed by atoms with Crippen molar-refractivity contribution in [1.29, 1.82) is 0 Å². The molecule has 158 valence electrons. The van der Waals surface area contributed by atoms with Gasteiger partial charge < -0.3 is 31.7 Å². The molecule has 0 saturated carbocycles. The Morgan fingerprint density at radius 3 is 2.50 bits per heavy atom. The van der Waals surface area contributed by atoms with Crippen LogP contribution >= 0.6 is 0 Å². The molecular weight excluding hydrogens is 390 g/mol. The monoisotopic (exact) mass is 413 g/mol. The molecule has 30 heavy (non-hydrogen) atoms. The SMILES string of the molecule is CN(C)[C@@H]1C=C(C(N)=O)C(=O)[C@@]2(O)C(O)=C3C(=O)c4c(ccc(N)c4O)C[C@H]3C[C@@H]12. The lowest BCUT2D eigenvalue weighted by Crippen LogP contribution is -2.62. The first-order valence-electron chi connectivity index (χ1n) is 9.53. The van der Waals surface area contributed by atoms with E-state index in [1.165, 1.54) is 12.1 Å². The first-order chi connectivity index (χ1) is 14.0. The van der Waals surface area contributed by atoms with Crippen LogP contribution in [-0.4, -0.2) is 63.4 Å². The van der Waals surface area contributed by atoms with Crippen molar-refractivity contribution in [3.05, 3.63) is 46.2 Å². The Morgan fingerprint density at radius 1 is 1.23 bits per heavy atom. The van der Waals surface area contributed by atoms with E-state index in [-0.39, 0.29) is 23.2 Å². The highest BCUT2D eigenvalue weighted by Gasteiger charge is 2.60. The largest absolute Gasteiger partial charge is 0.508 e. The fraction of sp³-hybridized carbons (Fsp3) is 0.381. The molecule has 4 atom stereocenters. The van der Waals surface area contributed by atoms with Gasteiger partial charge in [0.2, 0.25) is 5.78 Å². The van der Waals surface area contributed by atoms with Crippen molar-refractivity contribution in [2.24, 2.45) is 17.6 Å². The van der Waals surface area contributed by atoms with Crippen molar-refractivity contribution in [2.75, 3.05) is 19.8 Å². The molecule has 0 heterocycles. The second kappa shape index (κ2) is 6.41. The number of carbonyl (C=O) groups is 3. The predicted octanol–water partition coefficient (Wildman–Crippen LogP) is -0.183. The number of nitrogens with two attached hydrogens (primary N) is 2. The minimum atomic E-state index is -2.47. The van der Waals surface area contributed by atoms with Crippen LogP contribution < -0.4 is 11.5 Å². The Bertz CT molecular complexity index is 1070. The molecule has 7 N–H and O–H groups in total. The van der Waals surface area contributed by atoms with Gasteiger partial charge in [0.25, 0.3) is 5.91 Å². The number of ketones is 2. The lowest BCUT2D eigenvalue weighted by Gasteiger charge is -2.49. The summed E-state index contributed by atoms with van der Waals surface area (Å²) < 4.78 is 0. The number of anilines is 1. The molecule has 0 saturated heterocycles. The number of allylic oxidation sites excluding steroid dienone is 1. The number of aliphatic hydroxyl groups is 2. The number of Topliss-reactive ketones (excluding diaryl/α,β-unsaturated/α-hetero) is 2. The predicted molar refractivity (Wildman–Crippen MR) is 107 cm³/mol. The van der Waals surface area contributed by atoms with Crippen molar-refractivity contribution >= 4 is 23.2 Å². The molecule has 9 nitrogen and oxygen atoms in total. The zero-order chi connectivity index (χ0) is 22.1. The Hall–Kier alpha value is -3.17. The van der Waals surface area contributed by atoms with Gasteiger partial charge in [-0.3, -0.25) is 14.4 Å². The second-order valence-corrected chi connectivity index (χ2v) is 8.37. The molecule has 0 bridgehead atoms. The van der Waals surface area contributed by atoms with Crippen molar-refractivity contribution in [3.63, 3.8) is 0 Å². The van der Waals surface area contributed by atoms with Crippen LogP contribution in [0.2, 0.25) is 0 Å². The minimum Gasteiger partial charge on any atom is -0.508 e. The number of rotatable bonds is 2. The van der Waals surface area contributed by atoms with E-state index >= 15 is 0 Å². The molecule has 0 spiro atoms. The van der Waals surface area contributed by atoms with Crippen LogP contribution in [0.1, 0.15) is 22.3 Å². The van der Waals surface area contributed by atoms with Crippen LogP contribution in [0, 0.1) is 11.8 Å². The summed E-state index contributed by atoms with van der Waals surface area (Å²) in [7, 11) is 3.43. The number of phenols is 1. The molecule has 1 aromatic rings. The van der Waals surface area contributed by atoms with Crippen LogP contribution in [0.4, 0.5) is 5.69 Å². The van der Waals surface area contributed by atoms with E-state index in [1.54, 1.807) is 25.1 Å². The van der Waals surface area contributed by atoms with Gasteiger partial charge in [-0.15, -0.1) is 0 Å². The summed E-state index contributed by atoms with van der Waals surface area (Å²) in [6, 6.07) is 2.58. The van der Waals surface area contributed by atoms with E-state index in [4.69, 9.17) is 11.5 Å². The van der Waals surface area contributed by atoms with Crippen LogP contribution in [0.15, 0.2) is 35.1 Å². The number of primary amides is 1. The fourth-order valence-electron chi connectivity index (χ4n) is 5.05. The Balaban J connectivity index is 1.94. The lowest BCUT2D eigenvalue weighted by molar-refractivity contribution is -0.146. The number of fused-ring (bicyclic) bond motifs is 3. The van der Waals surface area contributed by atoms with Gasteiger partial charge in [-0.25, -0.2) is 0 Å². The van der Waals surface area contributed by atoms with Crippen molar-refractivity contribution in [2.45, 2.75) is 24.5 Å². The number of hydrogen-bond acceptors (Lipinski definition) is 8. The summed E-state index contributed by atoms with van der Waals surface area (Å²) in [6.45, 7) is 0. The van der Waals surface area contributed by atoms with E-state index in [0.717, 1.165) is 0 Å². The van der Waals surface area contributed by atoms with Crippen molar-refractivity contribution < 1.29 is 29.7 Å². The number of aliphatic hydroxyl groups excluding tert-OH is 1. The van der Waals surface area contributed by atoms with Gasteiger partial charge in [-0.1, -0.05) is 12.1 Å². The number of nitrogen functional groups attached to an aromatic ring is 1. The molecule has 0 aliphatic heterocycles. The molecule has 0 fully saturated rings. The van der Waals surface area contributed by atoms with E-state index < -0.39 is 58.0 Å². The highest BCUT2D eigenvalue weighted by molar-refractivity contribution is 6.24. The standard InChI is InChI=1S/C21H23N3O6/c1-24(2)13-7-10(20(23)29)18(27)21(30)11(13)6-9-5-8-3-4-12(22)16(25)14(8)17(26)15(9)19(21)28/h3-4,7,9,11,13,25,28,30H,5-6,22H2,1-2H3,(H2,23,29)/t9-,11-,13+,21+/m0/s1. The summed E-state index contributed by atoms with van der Waals surface area (Å²) in [4.78, 5) is 39.8. The number of phenolic OH excluding ortho intramolecular Hbond substituents is 1. The first-order valence-corrected chi connectivity index (χ1v) is 9.53. The molecule has 9 heteroatoms. The number of hydrogen-bond donors (Lipinski definition) is 5. The zero-order valence-electron chi connectivity index (χ0n) is 16.5. The highest BCUT2D eigenvalue weighted by atomic mass is 16.3. The third-order valence-electron chi connectivity index (χ3n) is 6.54. The summed E-state index contributed by atoms with van der Waals surface area (Å²) in [5, 5.41) is 32.8. The maximum absolute atomic E-state index is 13.2. The van der Waals surface area contributed by atoms with E-state index in [0.29, 0.717) is 12.0 Å². The van der Waals surface area contributed by atoms with Gasteiger partial charge in [-0.2, -0.15) is 0 Å².